The highest BCUT2D eigenvalue weighted by Crippen LogP contribution is 2.32. The summed E-state index contributed by atoms with van der Waals surface area (Å²) in [4.78, 5) is 30.9. The first-order valence-corrected chi connectivity index (χ1v) is 13.4. The SMILES string of the molecule is CCCC(NC(=O)C(O)Cc1ccccc1)C(=O)Nc1ncc(-c2ccccc2COc2ccccc2)s1. The van der Waals surface area contributed by atoms with E-state index in [1.165, 1.54) is 11.3 Å². The van der Waals surface area contributed by atoms with Crippen LogP contribution in [-0.4, -0.2) is 34.1 Å². The molecule has 2 atom stereocenters. The molecule has 0 spiro atoms. The van der Waals surface area contributed by atoms with Crippen LogP contribution in [0.15, 0.2) is 91.1 Å². The Morgan fingerprint density at radius 1 is 0.947 bits per heavy atom. The molecule has 0 fully saturated rings. The first-order chi connectivity index (χ1) is 18.5. The van der Waals surface area contributed by atoms with Gasteiger partial charge in [-0.1, -0.05) is 97.5 Å². The van der Waals surface area contributed by atoms with E-state index < -0.39 is 18.1 Å². The summed E-state index contributed by atoms with van der Waals surface area (Å²) in [6, 6.07) is 26.0. The molecule has 0 radical (unpaired) electrons. The summed E-state index contributed by atoms with van der Waals surface area (Å²) in [5.74, 6) is -0.152. The lowest BCUT2D eigenvalue weighted by molar-refractivity contribution is -0.132. The van der Waals surface area contributed by atoms with Crippen LogP contribution in [0.4, 0.5) is 5.13 Å². The first-order valence-electron chi connectivity index (χ1n) is 12.6. The molecule has 1 heterocycles. The third kappa shape index (κ3) is 7.50. The Balaban J connectivity index is 1.39. The molecule has 4 rings (SSSR count). The minimum atomic E-state index is -1.24. The zero-order valence-electron chi connectivity index (χ0n) is 21.2. The van der Waals surface area contributed by atoms with E-state index in [1.807, 2.05) is 91.9 Å². The lowest BCUT2D eigenvalue weighted by Crippen LogP contribution is -2.48. The second-order valence-electron chi connectivity index (χ2n) is 8.83. The van der Waals surface area contributed by atoms with Crippen LogP contribution in [0.2, 0.25) is 0 Å². The predicted octanol–water partition coefficient (Wildman–Crippen LogP) is 5.22. The predicted molar refractivity (Wildman–Crippen MR) is 150 cm³/mol. The van der Waals surface area contributed by atoms with Crippen molar-refractivity contribution in [3.63, 3.8) is 0 Å². The van der Waals surface area contributed by atoms with Crippen molar-refractivity contribution < 1.29 is 19.4 Å². The molecule has 8 heteroatoms. The van der Waals surface area contributed by atoms with E-state index in [1.54, 1.807) is 6.20 Å². The molecular weight excluding hydrogens is 498 g/mol. The number of para-hydroxylation sites is 1. The Morgan fingerprint density at radius 3 is 2.37 bits per heavy atom. The minimum Gasteiger partial charge on any atom is -0.489 e. The summed E-state index contributed by atoms with van der Waals surface area (Å²) < 4.78 is 5.93. The smallest absolute Gasteiger partial charge is 0.249 e. The van der Waals surface area contributed by atoms with Gasteiger partial charge in [0, 0.05) is 12.6 Å². The van der Waals surface area contributed by atoms with Crippen molar-refractivity contribution in [1.29, 1.82) is 0 Å². The Labute approximate surface area is 226 Å². The van der Waals surface area contributed by atoms with Gasteiger partial charge in [0.25, 0.3) is 0 Å². The molecule has 38 heavy (non-hydrogen) atoms. The van der Waals surface area contributed by atoms with E-state index in [0.717, 1.165) is 27.3 Å². The topological polar surface area (TPSA) is 101 Å². The molecule has 0 aliphatic carbocycles. The van der Waals surface area contributed by atoms with Crippen LogP contribution >= 0.6 is 11.3 Å². The monoisotopic (exact) mass is 529 g/mol. The number of hydrogen-bond donors (Lipinski definition) is 3. The molecule has 2 amide bonds. The second kappa shape index (κ2) is 13.5. The minimum absolute atomic E-state index is 0.177. The molecule has 7 nitrogen and oxygen atoms in total. The van der Waals surface area contributed by atoms with Crippen LogP contribution in [0.3, 0.4) is 0 Å². The fourth-order valence-corrected chi connectivity index (χ4v) is 4.85. The zero-order chi connectivity index (χ0) is 26.7. The second-order valence-corrected chi connectivity index (χ2v) is 9.86. The van der Waals surface area contributed by atoms with Crippen LogP contribution in [0.25, 0.3) is 10.4 Å². The number of anilines is 1. The van der Waals surface area contributed by atoms with Crippen LogP contribution in [0, 0.1) is 0 Å². The van der Waals surface area contributed by atoms with Gasteiger partial charge in [0.05, 0.1) is 4.88 Å². The number of hydrogen-bond acceptors (Lipinski definition) is 6. The average molecular weight is 530 g/mol. The van der Waals surface area contributed by atoms with Gasteiger partial charge in [0.15, 0.2) is 5.13 Å². The molecule has 196 valence electrons. The summed E-state index contributed by atoms with van der Waals surface area (Å²) in [5.41, 5.74) is 2.82. The van der Waals surface area contributed by atoms with Crippen LogP contribution in [0.5, 0.6) is 5.75 Å². The Kier molecular flexibility index (Phi) is 9.61. The molecule has 0 saturated heterocycles. The summed E-state index contributed by atoms with van der Waals surface area (Å²) in [5, 5.41) is 16.3. The van der Waals surface area contributed by atoms with Crippen LogP contribution in [0.1, 0.15) is 30.9 Å². The number of amides is 2. The molecule has 0 aliphatic heterocycles. The quantitative estimate of drug-likeness (QED) is 0.234. The number of rotatable bonds is 12. The maximum absolute atomic E-state index is 13.0. The van der Waals surface area contributed by atoms with Crippen molar-refractivity contribution >= 4 is 28.3 Å². The Hall–Kier alpha value is -4.01. The molecule has 2 unspecified atom stereocenters. The lowest BCUT2D eigenvalue weighted by Gasteiger charge is -2.19. The third-order valence-electron chi connectivity index (χ3n) is 5.94. The fourth-order valence-electron chi connectivity index (χ4n) is 3.97. The van der Waals surface area contributed by atoms with Gasteiger partial charge in [-0.3, -0.25) is 9.59 Å². The number of aliphatic hydroxyl groups is 1. The van der Waals surface area contributed by atoms with E-state index >= 15 is 0 Å². The van der Waals surface area contributed by atoms with E-state index in [9.17, 15) is 14.7 Å². The maximum atomic E-state index is 13.0. The van der Waals surface area contributed by atoms with Crippen LogP contribution < -0.4 is 15.4 Å². The number of ether oxygens (including phenoxy) is 1. The number of carbonyl (C=O) groups is 2. The molecule has 4 aromatic rings. The molecule has 3 N–H and O–H groups in total. The van der Waals surface area contributed by atoms with Crippen molar-refractivity contribution in [2.75, 3.05) is 5.32 Å². The van der Waals surface area contributed by atoms with Crippen molar-refractivity contribution in [3.05, 3.63) is 102 Å². The van der Waals surface area contributed by atoms with Gasteiger partial charge in [0.1, 0.15) is 24.5 Å². The summed E-state index contributed by atoms with van der Waals surface area (Å²) >= 11 is 1.35. The maximum Gasteiger partial charge on any atom is 0.249 e. The number of aliphatic hydroxyl groups excluding tert-OH is 1. The molecule has 3 aromatic carbocycles. The molecule has 0 aliphatic rings. The van der Waals surface area contributed by atoms with Gasteiger partial charge < -0.3 is 20.5 Å². The van der Waals surface area contributed by atoms with Gasteiger partial charge in [-0.25, -0.2) is 4.98 Å². The van der Waals surface area contributed by atoms with Gasteiger partial charge in [-0.2, -0.15) is 0 Å². The van der Waals surface area contributed by atoms with Crippen molar-refractivity contribution in [3.8, 4) is 16.2 Å². The highest BCUT2D eigenvalue weighted by molar-refractivity contribution is 7.19. The first kappa shape index (κ1) is 27.0. The number of aromatic nitrogens is 1. The fraction of sp³-hybridized carbons (Fsp3) is 0.233. The van der Waals surface area contributed by atoms with Gasteiger partial charge >= 0.3 is 0 Å². The number of nitrogens with zero attached hydrogens (tertiary/aromatic N) is 1. The van der Waals surface area contributed by atoms with E-state index in [0.29, 0.717) is 24.6 Å². The summed E-state index contributed by atoms with van der Waals surface area (Å²) in [6.07, 6.45) is 1.78. The molecule has 0 saturated carbocycles. The van der Waals surface area contributed by atoms with Crippen molar-refractivity contribution in [1.82, 2.24) is 10.3 Å². The zero-order valence-corrected chi connectivity index (χ0v) is 22.0. The normalized spacial score (nSPS) is 12.4. The molecule has 0 bridgehead atoms. The van der Waals surface area contributed by atoms with Crippen molar-refractivity contribution in [2.24, 2.45) is 0 Å². The number of nitrogens with one attached hydrogen (secondary N) is 2. The largest absolute Gasteiger partial charge is 0.489 e. The Morgan fingerprint density at radius 2 is 1.63 bits per heavy atom. The molecule has 1 aromatic heterocycles. The number of thiazole rings is 1. The van der Waals surface area contributed by atoms with E-state index in [2.05, 4.69) is 15.6 Å². The summed E-state index contributed by atoms with van der Waals surface area (Å²) in [7, 11) is 0. The standard InChI is InChI=1S/C30H31N3O4S/c1-2-11-25(32-29(36)26(34)18-21-12-5-3-6-13-21)28(35)33-30-31-19-27(38-30)24-17-10-9-14-22(24)20-37-23-15-7-4-8-16-23/h3-10,12-17,19,25-26,34H,2,11,18,20H2,1H3,(H,32,36)(H,31,33,35). The third-order valence-corrected chi connectivity index (χ3v) is 6.89. The van der Waals surface area contributed by atoms with Gasteiger partial charge in [-0.15, -0.1) is 0 Å². The van der Waals surface area contributed by atoms with Gasteiger partial charge in [-0.05, 0) is 35.2 Å². The Bertz CT molecular complexity index is 1330. The lowest BCUT2D eigenvalue weighted by atomic mass is 10.1. The van der Waals surface area contributed by atoms with E-state index in [-0.39, 0.29) is 12.3 Å². The van der Waals surface area contributed by atoms with Crippen LogP contribution in [-0.2, 0) is 22.6 Å². The number of carbonyl (C=O) groups excluding carboxylic acids is 2. The average Bonchev–Trinajstić information content (AvgIpc) is 3.41. The van der Waals surface area contributed by atoms with E-state index in [4.69, 9.17) is 4.74 Å². The number of benzene rings is 3. The molecular formula is C30H31N3O4S. The van der Waals surface area contributed by atoms with Gasteiger partial charge in [0.2, 0.25) is 11.8 Å². The highest BCUT2D eigenvalue weighted by Gasteiger charge is 2.25. The summed E-state index contributed by atoms with van der Waals surface area (Å²) in [6.45, 7) is 2.33. The highest BCUT2D eigenvalue weighted by atomic mass is 32.1. The van der Waals surface area contributed by atoms with Crippen molar-refractivity contribution in [2.45, 2.75) is 44.9 Å².